The molecule has 0 heterocycles. The van der Waals surface area contributed by atoms with Crippen LogP contribution in [-0.2, 0) is 0 Å². The normalized spacial score (nSPS) is 28.1. The molecule has 0 aromatic carbocycles. The van der Waals surface area contributed by atoms with Gasteiger partial charge in [0.25, 0.3) is 0 Å². The molecule has 0 amide bonds. The zero-order chi connectivity index (χ0) is 10.2. The van der Waals surface area contributed by atoms with Gasteiger partial charge in [0.05, 0.1) is 0 Å². The lowest BCUT2D eigenvalue weighted by Crippen LogP contribution is -2.20. The largest absolute Gasteiger partial charge is 0.185 e. The van der Waals surface area contributed by atoms with Crippen molar-refractivity contribution in [3.8, 4) is 10.8 Å². The highest BCUT2D eigenvalue weighted by Crippen LogP contribution is 2.33. The maximum atomic E-state index is 8.69. The van der Waals surface area contributed by atoms with E-state index in [1.165, 1.54) is 49.2 Å². The van der Waals surface area contributed by atoms with Crippen LogP contribution in [0.5, 0.6) is 0 Å². The minimum Gasteiger partial charge on any atom is -0.185 e. The number of hydrogen-bond donors (Lipinski definition) is 0. The molecule has 1 aliphatic carbocycles. The molecule has 1 rings (SSSR count). The Bertz CT molecular complexity index is 215. The topological polar surface area (TPSA) is 47.6 Å². The number of thioether (sulfide) groups is 2. The molecule has 0 spiro atoms. The maximum Gasteiger partial charge on any atom is 0.133 e. The van der Waals surface area contributed by atoms with Crippen LogP contribution in [0.2, 0.25) is 0 Å². The molecule has 0 radical (unpaired) electrons. The van der Waals surface area contributed by atoms with Gasteiger partial charge in [0.2, 0.25) is 0 Å². The average molecular weight is 226 g/mol. The van der Waals surface area contributed by atoms with Crippen molar-refractivity contribution in [1.82, 2.24) is 0 Å². The smallest absolute Gasteiger partial charge is 0.133 e. The van der Waals surface area contributed by atoms with Crippen molar-refractivity contribution in [2.75, 3.05) is 0 Å². The molecule has 0 aliphatic heterocycles. The SMILES string of the molecule is N#CS[C@H]1CCCCCC[C@H]1SC#N. The van der Waals surface area contributed by atoms with E-state index in [0.717, 1.165) is 12.8 Å². The highest BCUT2D eigenvalue weighted by atomic mass is 32.2. The number of nitrogens with zero attached hydrogens (tertiary/aromatic N) is 2. The van der Waals surface area contributed by atoms with Gasteiger partial charge >= 0.3 is 0 Å². The Morgan fingerprint density at radius 2 is 1.21 bits per heavy atom. The second-order valence-corrected chi connectivity index (χ2v) is 5.53. The van der Waals surface area contributed by atoms with Crippen LogP contribution in [0.4, 0.5) is 0 Å². The molecular weight excluding hydrogens is 212 g/mol. The van der Waals surface area contributed by atoms with Crippen LogP contribution in [0.3, 0.4) is 0 Å². The Kier molecular flexibility index (Phi) is 5.91. The minimum absolute atomic E-state index is 0.366. The molecule has 0 N–H and O–H groups in total. The van der Waals surface area contributed by atoms with Crippen LogP contribution < -0.4 is 0 Å². The Balaban J connectivity index is 2.52. The molecule has 0 bridgehead atoms. The first-order valence-corrected chi connectivity index (χ1v) is 6.74. The number of nitriles is 2. The van der Waals surface area contributed by atoms with Crippen LogP contribution in [0, 0.1) is 21.3 Å². The molecular formula is C10H14N2S2. The fraction of sp³-hybridized carbons (Fsp3) is 0.800. The Hall–Kier alpha value is -0.320. The molecule has 0 aromatic heterocycles. The molecule has 4 heteroatoms. The van der Waals surface area contributed by atoms with Crippen molar-refractivity contribution in [2.45, 2.75) is 49.0 Å². The summed E-state index contributed by atoms with van der Waals surface area (Å²) in [4.78, 5) is 0. The monoisotopic (exact) mass is 226 g/mol. The zero-order valence-electron chi connectivity index (χ0n) is 8.11. The van der Waals surface area contributed by atoms with Crippen molar-refractivity contribution < 1.29 is 0 Å². The maximum absolute atomic E-state index is 8.69. The minimum atomic E-state index is 0.366. The summed E-state index contributed by atoms with van der Waals surface area (Å²) >= 11 is 2.71. The molecule has 0 unspecified atom stereocenters. The summed E-state index contributed by atoms with van der Waals surface area (Å²) in [6.07, 6.45) is 7.18. The molecule has 2 atom stereocenters. The van der Waals surface area contributed by atoms with Crippen molar-refractivity contribution in [3.63, 3.8) is 0 Å². The standard InChI is InChI=1S/C10H14N2S2/c11-7-13-9-5-3-1-2-4-6-10(9)14-8-12/h9-10H,1-6H2/t9-,10+. The van der Waals surface area contributed by atoms with E-state index in [-0.39, 0.29) is 0 Å². The number of hydrogen-bond acceptors (Lipinski definition) is 4. The molecule has 0 aromatic rings. The van der Waals surface area contributed by atoms with Crippen LogP contribution in [-0.4, -0.2) is 10.5 Å². The number of rotatable bonds is 2. The molecule has 76 valence electrons. The molecule has 0 saturated heterocycles. The average Bonchev–Trinajstić information content (AvgIpc) is 2.16. The van der Waals surface area contributed by atoms with Gasteiger partial charge in [-0.25, -0.2) is 0 Å². The van der Waals surface area contributed by atoms with Gasteiger partial charge in [-0.1, -0.05) is 25.7 Å². The second kappa shape index (κ2) is 7.04. The van der Waals surface area contributed by atoms with Gasteiger partial charge < -0.3 is 0 Å². The molecule has 1 saturated carbocycles. The third kappa shape index (κ3) is 3.82. The summed E-state index contributed by atoms with van der Waals surface area (Å²) in [5.41, 5.74) is 0. The third-order valence-electron chi connectivity index (χ3n) is 2.55. The summed E-state index contributed by atoms with van der Waals surface area (Å²) in [6, 6.07) is 0. The van der Waals surface area contributed by atoms with Crippen molar-refractivity contribution >= 4 is 23.5 Å². The second-order valence-electron chi connectivity index (χ2n) is 3.49. The predicted octanol–water partition coefficient (Wildman–Crippen LogP) is 3.51. The van der Waals surface area contributed by atoms with Crippen molar-refractivity contribution in [2.24, 2.45) is 0 Å². The fourth-order valence-corrected chi connectivity index (χ4v) is 3.57. The van der Waals surface area contributed by atoms with E-state index in [1.807, 2.05) is 0 Å². The molecule has 14 heavy (non-hydrogen) atoms. The molecule has 1 aliphatic rings. The van der Waals surface area contributed by atoms with E-state index in [0.29, 0.717) is 10.5 Å². The first-order chi connectivity index (χ1) is 6.88. The van der Waals surface area contributed by atoms with Crippen LogP contribution in [0.1, 0.15) is 38.5 Å². The van der Waals surface area contributed by atoms with E-state index in [2.05, 4.69) is 10.8 Å². The van der Waals surface area contributed by atoms with Crippen molar-refractivity contribution in [3.05, 3.63) is 0 Å². The summed E-state index contributed by atoms with van der Waals surface area (Å²) < 4.78 is 0. The van der Waals surface area contributed by atoms with Gasteiger partial charge in [-0.15, -0.1) is 0 Å². The van der Waals surface area contributed by atoms with E-state index < -0.39 is 0 Å². The first-order valence-electron chi connectivity index (χ1n) is 4.98. The van der Waals surface area contributed by atoms with Gasteiger partial charge in [0.15, 0.2) is 0 Å². The highest BCUT2D eigenvalue weighted by Gasteiger charge is 2.23. The van der Waals surface area contributed by atoms with Gasteiger partial charge in [-0.2, -0.15) is 10.5 Å². The van der Waals surface area contributed by atoms with Crippen molar-refractivity contribution in [1.29, 1.82) is 10.5 Å². The van der Waals surface area contributed by atoms with Gasteiger partial charge in [-0.05, 0) is 36.4 Å². The van der Waals surface area contributed by atoms with Gasteiger partial charge in [0.1, 0.15) is 10.8 Å². The Labute approximate surface area is 94.0 Å². The number of thiocyanates is 2. The molecule has 2 nitrogen and oxygen atoms in total. The van der Waals surface area contributed by atoms with Crippen LogP contribution in [0.15, 0.2) is 0 Å². The lowest BCUT2D eigenvalue weighted by atomic mass is 10.00. The van der Waals surface area contributed by atoms with E-state index in [9.17, 15) is 0 Å². The Morgan fingerprint density at radius 1 is 0.786 bits per heavy atom. The summed E-state index contributed by atoms with van der Waals surface area (Å²) in [5.74, 6) is 0. The zero-order valence-corrected chi connectivity index (χ0v) is 9.74. The van der Waals surface area contributed by atoms with Gasteiger partial charge in [-0.3, -0.25) is 0 Å². The lowest BCUT2D eigenvalue weighted by Gasteiger charge is -2.23. The summed E-state index contributed by atoms with van der Waals surface area (Å²) in [7, 11) is 0. The predicted molar refractivity (Wildman–Crippen MR) is 61.7 cm³/mol. The van der Waals surface area contributed by atoms with E-state index in [4.69, 9.17) is 10.5 Å². The lowest BCUT2D eigenvalue weighted by molar-refractivity contribution is 0.523. The Morgan fingerprint density at radius 3 is 1.57 bits per heavy atom. The first kappa shape index (κ1) is 11.8. The van der Waals surface area contributed by atoms with E-state index >= 15 is 0 Å². The van der Waals surface area contributed by atoms with Gasteiger partial charge in [0, 0.05) is 10.5 Å². The summed E-state index contributed by atoms with van der Waals surface area (Å²) in [6.45, 7) is 0. The highest BCUT2D eigenvalue weighted by molar-refractivity contribution is 8.08. The van der Waals surface area contributed by atoms with Crippen LogP contribution in [0.25, 0.3) is 0 Å². The molecule has 1 fully saturated rings. The van der Waals surface area contributed by atoms with Crippen LogP contribution >= 0.6 is 23.5 Å². The third-order valence-corrected chi connectivity index (χ3v) is 4.67. The quantitative estimate of drug-likeness (QED) is 0.676. The fourth-order valence-electron chi connectivity index (χ4n) is 1.82. The van der Waals surface area contributed by atoms with E-state index in [1.54, 1.807) is 0 Å². The summed E-state index contributed by atoms with van der Waals surface area (Å²) in [5, 5.41) is 22.4.